The summed E-state index contributed by atoms with van der Waals surface area (Å²) in [5, 5.41) is 9.10. The van der Waals surface area contributed by atoms with Crippen LogP contribution in [0.15, 0.2) is 61.3 Å². The summed E-state index contributed by atoms with van der Waals surface area (Å²) in [6.45, 7) is 0.549. The van der Waals surface area contributed by atoms with Gasteiger partial charge in [-0.2, -0.15) is 10.2 Å². The van der Waals surface area contributed by atoms with E-state index in [4.69, 9.17) is 9.84 Å². The minimum absolute atomic E-state index is 0.0936. The minimum atomic E-state index is -0.411. The van der Waals surface area contributed by atoms with Crippen molar-refractivity contribution in [3.8, 4) is 5.75 Å². The highest BCUT2D eigenvalue weighted by atomic mass is 16.5. The zero-order chi connectivity index (χ0) is 20.9. The van der Waals surface area contributed by atoms with E-state index in [1.807, 2.05) is 53.7 Å². The number of nitrogens with zero attached hydrogens (tertiary/aromatic N) is 6. The number of H-pyrrole nitrogens is 1. The Morgan fingerprint density at radius 1 is 1.16 bits per heavy atom. The topological polar surface area (TPSA) is 92.8 Å². The number of methoxy groups -OCH3 is 1. The number of rotatable bonds is 3. The molecule has 9 heteroatoms. The SMILES string of the molecule is COc1cccn2nc([C@@H]3c4nc[nH]c4CCN3C(=O)c3cnn4ccccc34)cc12. The molecule has 5 aromatic heterocycles. The normalized spacial score (nSPS) is 16.0. The number of amides is 1. The molecule has 0 saturated carbocycles. The number of aromatic amines is 1. The van der Waals surface area contributed by atoms with E-state index < -0.39 is 6.04 Å². The van der Waals surface area contributed by atoms with Crippen LogP contribution in [0.1, 0.15) is 33.5 Å². The highest BCUT2D eigenvalue weighted by Crippen LogP contribution is 2.35. The van der Waals surface area contributed by atoms with Gasteiger partial charge in [-0.1, -0.05) is 6.07 Å². The molecule has 6 heterocycles. The molecule has 0 unspecified atom stereocenters. The van der Waals surface area contributed by atoms with Crippen LogP contribution in [-0.4, -0.2) is 53.7 Å². The molecule has 1 amide bonds. The zero-order valence-corrected chi connectivity index (χ0v) is 16.8. The molecule has 1 aliphatic heterocycles. The molecule has 0 bridgehead atoms. The third kappa shape index (κ3) is 2.63. The third-order valence-corrected chi connectivity index (χ3v) is 5.82. The number of carbonyl (C=O) groups is 1. The summed E-state index contributed by atoms with van der Waals surface area (Å²) in [5.74, 6) is 0.628. The van der Waals surface area contributed by atoms with Gasteiger partial charge in [-0.25, -0.2) is 14.0 Å². The Morgan fingerprint density at radius 3 is 2.97 bits per heavy atom. The van der Waals surface area contributed by atoms with Gasteiger partial charge in [0.25, 0.3) is 5.91 Å². The monoisotopic (exact) mass is 413 g/mol. The molecule has 6 rings (SSSR count). The van der Waals surface area contributed by atoms with Crippen molar-refractivity contribution in [2.45, 2.75) is 12.5 Å². The fourth-order valence-corrected chi connectivity index (χ4v) is 4.36. The first-order valence-electron chi connectivity index (χ1n) is 10.0. The van der Waals surface area contributed by atoms with Gasteiger partial charge in [0, 0.05) is 31.1 Å². The van der Waals surface area contributed by atoms with Crippen molar-refractivity contribution in [3.05, 3.63) is 84.0 Å². The predicted molar refractivity (Wildman–Crippen MR) is 112 cm³/mol. The van der Waals surface area contributed by atoms with Crippen molar-refractivity contribution in [1.82, 2.24) is 34.1 Å². The van der Waals surface area contributed by atoms with E-state index in [1.165, 1.54) is 0 Å². The Balaban J connectivity index is 1.50. The predicted octanol–water partition coefficient (Wildman–Crippen LogP) is 2.50. The summed E-state index contributed by atoms with van der Waals surface area (Å²) in [7, 11) is 1.63. The molecule has 0 radical (unpaired) electrons. The van der Waals surface area contributed by atoms with Crippen LogP contribution in [0.3, 0.4) is 0 Å². The van der Waals surface area contributed by atoms with Gasteiger partial charge in [-0.05, 0) is 30.3 Å². The highest BCUT2D eigenvalue weighted by Gasteiger charge is 2.37. The van der Waals surface area contributed by atoms with Gasteiger partial charge >= 0.3 is 0 Å². The zero-order valence-electron chi connectivity index (χ0n) is 16.8. The maximum absolute atomic E-state index is 13.7. The van der Waals surface area contributed by atoms with Crippen LogP contribution in [0.25, 0.3) is 11.0 Å². The van der Waals surface area contributed by atoms with E-state index in [2.05, 4.69) is 15.1 Å². The average molecular weight is 413 g/mol. The average Bonchev–Trinajstić information content (AvgIpc) is 3.54. The molecule has 0 spiro atoms. The van der Waals surface area contributed by atoms with Crippen molar-refractivity contribution >= 4 is 16.9 Å². The molecule has 1 N–H and O–H groups in total. The molecule has 1 atom stereocenters. The van der Waals surface area contributed by atoms with Crippen LogP contribution < -0.4 is 4.74 Å². The third-order valence-electron chi connectivity index (χ3n) is 5.82. The first kappa shape index (κ1) is 17.7. The summed E-state index contributed by atoms with van der Waals surface area (Å²) in [6, 6.07) is 11.0. The lowest BCUT2D eigenvalue weighted by Crippen LogP contribution is -2.41. The molecular formula is C22H19N7O2. The van der Waals surface area contributed by atoms with E-state index in [-0.39, 0.29) is 5.91 Å². The summed E-state index contributed by atoms with van der Waals surface area (Å²) in [4.78, 5) is 23.3. The van der Waals surface area contributed by atoms with Crippen molar-refractivity contribution in [1.29, 1.82) is 0 Å². The Morgan fingerprint density at radius 2 is 2.06 bits per heavy atom. The maximum atomic E-state index is 13.7. The molecule has 154 valence electrons. The lowest BCUT2D eigenvalue weighted by atomic mass is 9.98. The molecule has 0 aromatic carbocycles. The molecular weight excluding hydrogens is 394 g/mol. The number of imidazole rings is 1. The smallest absolute Gasteiger partial charge is 0.258 e. The molecule has 5 aromatic rings. The maximum Gasteiger partial charge on any atom is 0.258 e. The molecule has 0 aliphatic carbocycles. The molecule has 0 saturated heterocycles. The van der Waals surface area contributed by atoms with Crippen molar-refractivity contribution in [2.75, 3.05) is 13.7 Å². The number of hydrogen-bond donors (Lipinski definition) is 1. The van der Waals surface area contributed by atoms with E-state index in [9.17, 15) is 4.79 Å². The van der Waals surface area contributed by atoms with Gasteiger partial charge in [0.2, 0.25) is 0 Å². The number of nitrogens with one attached hydrogen (secondary N) is 1. The van der Waals surface area contributed by atoms with Crippen LogP contribution in [0.2, 0.25) is 0 Å². The quantitative estimate of drug-likeness (QED) is 0.491. The fourth-order valence-electron chi connectivity index (χ4n) is 4.36. The summed E-state index contributed by atoms with van der Waals surface area (Å²) < 4.78 is 8.97. The van der Waals surface area contributed by atoms with E-state index in [1.54, 1.807) is 28.7 Å². The first-order chi connectivity index (χ1) is 15.2. The molecule has 0 fully saturated rings. The van der Waals surface area contributed by atoms with Gasteiger partial charge in [-0.3, -0.25) is 4.79 Å². The number of hydrogen-bond acceptors (Lipinski definition) is 5. The van der Waals surface area contributed by atoms with E-state index in [0.717, 1.165) is 33.9 Å². The second-order valence-electron chi connectivity index (χ2n) is 7.48. The molecule has 31 heavy (non-hydrogen) atoms. The van der Waals surface area contributed by atoms with Crippen LogP contribution >= 0.6 is 0 Å². The second-order valence-corrected chi connectivity index (χ2v) is 7.48. The van der Waals surface area contributed by atoms with Crippen LogP contribution in [0, 0.1) is 0 Å². The van der Waals surface area contributed by atoms with Crippen LogP contribution in [-0.2, 0) is 6.42 Å². The Bertz CT molecular complexity index is 1430. The lowest BCUT2D eigenvalue weighted by molar-refractivity contribution is 0.0689. The number of fused-ring (bicyclic) bond motifs is 3. The second kappa shape index (κ2) is 6.69. The Labute approximate surface area is 176 Å². The largest absolute Gasteiger partial charge is 0.494 e. The number of carbonyl (C=O) groups excluding carboxylic acids is 1. The first-order valence-corrected chi connectivity index (χ1v) is 10.0. The Hall–Kier alpha value is -4.14. The van der Waals surface area contributed by atoms with Gasteiger partial charge in [0.15, 0.2) is 0 Å². The fraction of sp³-hybridized carbons (Fsp3) is 0.182. The van der Waals surface area contributed by atoms with Gasteiger partial charge in [0.1, 0.15) is 17.3 Å². The van der Waals surface area contributed by atoms with Crippen LogP contribution in [0.4, 0.5) is 0 Å². The molecule has 9 nitrogen and oxygen atoms in total. The number of pyridine rings is 2. The van der Waals surface area contributed by atoms with Gasteiger partial charge in [-0.15, -0.1) is 0 Å². The van der Waals surface area contributed by atoms with Crippen molar-refractivity contribution in [3.63, 3.8) is 0 Å². The standard InChI is InChI=1S/C22H19N7O2/c1-31-19-6-4-9-29-18(19)11-16(26-29)21-20-15(23-13-24-20)7-10-27(21)22(30)14-12-25-28-8-3-2-5-17(14)28/h2-6,8-9,11-13,21H,7,10H2,1H3,(H,23,24)/t21-/m1/s1. The van der Waals surface area contributed by atoms with Gasteiger partial charge < -0.3 is 14.6 Å². The van der Waals surface area contributed by atoms with E-state index in [0.29, 0.717) is 18.5 Å². The number of aromatic nitrogens is 6. The van der Waals surface area contributed by atoms with Crippen LogP contribution in [0.5, 0.6) is 5.75 Å². The summed E-state index contributed by atoms with van der Waals surface area (Å²) >= 11 is 0. The summed E-state index contributed by atoms with van der Waals surface area (Å²) in [6.07, 6.45) is 7.71. The Kier molecular flexibility index (Phi) is 3.82. The van der Waals surface area contributed by atoms with E-state index >= 15 is 0 Å². The number of ether oxygens (including phenoxy) is 1. The molecule has 1 aliphatic rings. The minimum Gasteiger partial charge on any atom is -0.494 e. The van der Waals surface area contributed by atoms with Crippen molar-refractivity contribution < 1.29 is 9.53 Å². The summed E-state index contributed by atoms with van der Waals surface area (Å²) in [5.41, 5.74) is 4.76. The van der Waals surface area contributed by atoms with Gasteiger partial charge in [0.05, 0.1) is 42.1 Å². The van der Waals surface area contributed by atoms with Crippen molar-refractivity contribution in [2.24, 2.45) is 0 Å². The highest BCUT2D eigenvalue weighted by molar-refractivity contribution is 6.01. The lowest BCUT2D eigenvalue weighted by Gasteiger charge is -2.33.